The van der Waals surface area contributed by atoms with Gasteiger partial charge in [0.25, 0.3) is 0 Å². The van der Waals surface area contributed by atoms with Crippen LogP contribution in [0.4, 0.5) is 4.39 Å². The Labute approximate surface area is 111 Å². The lowest BCUT2D eigenvalue weighted by atomic mass is 10.1. The number of halogens is 1. The second-order valence-corrected chi connectivity index (χ2v) is 4.46. The molecule has 1 N–H and O–H groups in total. The van der Waals surface area contributed by atoms with Crippen LogP contribution in [-0.4, -0.2) is 9.97 Å². The maximum atomic E-state index is 13.3. The van der Waals surface area contributed by atoms with Crippen molar-refractivity contribution in [3.05, 3.63) is 66.1 Å². The van der Waals surface area contributed by atoms with Crippen LogP contribution in [0.2, 0.25) is 0 Å². The summed E-state index contributed by atoms with van der Waals surface area (Å²) in [6.45, 7) is 1.75. The Morgan fingerprint density at radius 2 is 1.79 bits per heavy atom. The molecule has 94 valence electrons. The van der Waals surface area contributed by atoms with Crippen LogP contribution >= 0.6 is 0 Å². The summed E-state index contributed by atoms with van der Waals surface area (Å²) in [5.41, 5.74) is 3.40. The molecule has 1 heterocycles. The highest BCUT2D eigenvalue weighted by Gasteiger charge is 2.07. The number of benzene rings is 2. The van der Waals surface area contributed by atoms with Gasteiger partial charge in [-0.1, -0.05) is 30.3 Å². The highest BCUT2D eigenvalue weighted by atomic mass is 19.1. The van der Waals surface area contributed by atoms with Crippen molar-refractivity contribution in [2.45, 2.75) is 6.92 Å². The average molecular weight is 252 g/mol. The summed E-state index contributed by atoms with van der Waals surface area (Å²) in [5, 5.41) is 0. The fourth-order valence-electron chi connectivity index (χ4n) is 2.02. The van der Waals surface area contributed by atoms with Crippen molar-refractivity contribution in [2.75, 3.05) is 0 Å². The van der Waals surface area contributed by atoms with Gasteiger partial charge in [0.05, 0.1) is 5.69 Å². The summed E-state index contributed by atoms with van der Waals surface area (Å²) in [4.78, 5) is 7.69. The molecule has 0 bridgehead atoms. The van der Waals surface area contributed by atoms with Crippen LogP contribution in [0.15, 0.2) is 54.7 Å². The summed E-state index contributed by atoms with van der Waals surface area (Å²) >= 11 is 0. The Hall–Kier alpha value is -2.42. The minimum Gasteiger partial charge on any atom is -0.344 e. The first kappa shape index (κ1) is 11.7. The molecule has 2 aromatic carbocycles. The molecule has 0 atom stereocenters. The van der Waals surface area contributed by atoms with Crippen LogP contribution < -0.4 is 0 Å². The van der Waals surface area contributed by atoms with E-state index in [1.54, 1.807) is 19.1 Å². The number of aryl methyl sites for hydroxylation is 1. The number of nitrogens with zero attached hydrogens (tertiary/aromatic N) is 1. The maximum Gasteiger partial charge on any atom is 0.138 e. The molecule has 0 spiro atoms. The van der Waals surface area contributed by atoms with E-state index in [-0.39, 0.29) is 5.82 Å². The van der Waals surface area contributed by atoms with Gasteiger partial charge in [-0.05, 0) is 30.7 Å². The number of rotatable bonds is 2. The molecule has 0 unspecified atom stereocenters. The van der Waals surface area contributed by atoms with Crippen molar-refractivity contribution in [1.29, 1.82) is 0 Å². The van der Waals surface area contributed by atoms with Crippen molar-refractivity contribution in [3.63, 3.8) is 0 Å². The molecular formula is C16H13FN2. The van der Waals surface area contributed by atoms with Crippen LogP contribution in [0.25, 0.3) is 22.6 Å². The molecule has 19 heavy (non-hydrogen) atoms. The quantitative estimate of drug-likeness (QED) is 0.727. The molecule has 0 fully saturated rings. The molecule has 0 aliphatic heterocycles. The fraction of sp³-hybridized carbons (Fsp3) is 0.0625. The molecule has 3 rings (SSSR count). The fourth-order valence-corrected chi connectivity index (χ4v) is 2.02. The van der Waals surface area contributed by atoms with Gasteiger partial charge < -0.3 is 4.98 Å². The lowest BCUT2D eigenvalue weighted by Gasteiger charge is -2.00. The normalized spacial score (nSPS) is 10.6. The van der Waals surface area contributed by atoms with Crippen LogP contribution in [0.5, 0.6) is 0 Å². The van der Waals surface area contributed by atoms with Gasteiger partial charge in [0.1, 0.15) is 11.6 Å². The third-order valence-electron chi connectivity index (χ3n) is 3.08. The molecule has 3 heteroatoms. The van der Waals surface area contributed by atoms with Crippen molar-refractivity contribution in [1.82, 2.24) is 9.97 Å². The highest BCUT2D eigenvalue weighted by Crippen LogP contribution is 2.23. The van der Waals surface area contributed by atoms with Crippen LogP contribution in [0.3, 0.4) is 0 Å². The molecule has 3 aromatic rings. The van der Waals surface area contributed by atoms with Crippen LogP contribution in [-0.2, 0) is 0 Å². The number of hydrogen-bond acceptors (Lipinski definition) is 1. The molecule has 2 nitrogen and oxygen atoms in total. The smallest absolute Gasteiger partial charge is 0.138 e. The number of H-pyrrole nitrogens is 1. The summed E-state index contributed by atoms with van der Waals surface area (Å²) < 4.78 is 13.3. The van der Waals surface area contributed by atoms with Gasteiger partial charge in [-0.25, -0.2) is 9.37 Å². The van der Waals surface area contributed by atoms with E-state index in [1.165, 1.54) is 6.07 Å². The van der Waals surface area contributed by atoms with Crippen LogP contribution in [0.1, 0.15) is 5.56 Å². The number of hydrogen-bond donors (Lipinski definition) is 1. The molecule has 0 amide bonds. The zero-order valence-corrected chi connectivity index (χ0v) is 10.5. The topological polar surface area (TPSA) is 28.7 Å². The first-order valence-corrected chi connectivity index (χ1v) is 6.11. The Kier molecular flexibility index (Phi) is 2.88. The number of aromatic amines is 1. The van der Waals surface area contributed by atoms with Crippen molar-refractivity contribution < 1.29 is 4.39 Å². The van der Waals surface area contributed by atoms with Crippen LogP contribution in [0, 0.1) is 12.7 Å². The third-order valence-corrected chi connectivity index (χ3v) is 3.08. The molecule has 0 aliphatic rings. The molecule has 0 saturated carbocycles. The zero-order valence-electron chi connectivity index (χ0n) is 10.5. The van der Waals surface area contributed by atoms with E-state index in [2.05, 4.69) is 9.97 Å². The second kappa shape index (κ2) is 4.69. The molecule has 0 radical (unpaired) electrons. The summed E-state index contributed by atoms with van der Waals surface area (Å²) in [7, 11) is 0. The molecule has 0 saturated heterocycles. The molecular weight excluding hydrogens is 239 g/mol. The number of imidazole rings is 1. The van der Waals surface area contributed by atoms with E-state index >= 15 is 0 Å². The van der Waals surface area contributed by atoms with Gasteiger partial charge in [-0.15, -0.1) is 0 Å². The Bertz CT molecular complexity index is 702. The van der Waals surface area contributed by atoms with E-state index < -0.39 is 0 Å². The third kappa shape index (κ3) is 2.27. The van der Waals surface area contributed by atoms with Crippen molar-refractivity contribution in [2.24, 2.45) is 0 Å². The van der Waals surface area contributed by atoms with Gasteiger partial charge in [0.15, 0.2) is 0 Å². The van der Waals surface area contributed by atoms with E-state index in [0.717, 1.165) is 22.6 Å². The number of aromatic nitrogens is 2. The number of nitrogens with one attached hydrogen (secondary N) is 1. The molecule has 0 aliphatic carbocycles. The average Bonchev–Trinajstić information content (AvgIpc) is 2.93. The predicted octanol–water partition coefficient (Wildman–Crippen LogP) is 4.19. The SMILES string of the molecule is Cc1cc(-c2c[nH]c(-c3ccccc3)n2)ccc1F. The Morgan fingerprint density at radius 3 is 2.53 bits per heavy atom. The summed E-state index contributed by atoms with van der Waals surface area (Å²) in [5.74, 6) is 0.625. The van der Waals surface area contributed by atoms with Crippen molar-refractivity contribution >= 4 is 0 Å². The lowest BCUT2D eigenvalue weighted by Crippen LogP contribution is -1.84. The highest BCUT2D eigenvalue weighted by molar-refractivity contribution is 5.64. The first-order chi connectivity index (χ1) is 9.24. The van der Waals surface area contributed by atoms with Gasteiger partial charge >= 0.3 is 0 Å². The van der Waals surface area contributed by atoms with Crippen molar-refractivity contribution in [3.8, 4) is 22.6 Å². The minimum absolute atomic E-state index is 0.192. The predicted molar refractivity (Wildman–Crippen MR) is 74.2 cm³/mol. The largest absolute Gasteiger partial charge is 0.344 e. The van der Waals surface area contributed by atoms with E-state index in [1.807, 2.05) is 36.5 Å². The molecule has 1 aromatic heterocycles. The van der Waals surface area contributed by atoms with E-state index in [9.17, 15) is 4.39 Å². The van der Waals surface area contributed by atoms with Gasteiger partial charge in [0.2, 0.25) is 0 Å². The second-order valence-electron chi connectivity index (χ2n) is 4.46. The summed E-state index contributed by atoms with van der Waals surface area (Å²) in [6.07, 6.45) is 1.84. The Morgan fingerprint density at radius 1 is 1.00 bits per heavy atom. The van der Waals surface area contributed by atoms with Gasteiger partial charge in [-0.2, -0.15) is 0 Å². The van der Waals surface area contributed by atoms with Gasteiger partial charge in [0, 0.05) is 17.3 Å². The Balaban J connectivity index is 1.99. The van der Waals surface area contributed by atoms with Gasteiger partial charge in [-0.3, -0.25) is 0 Å². The standard InChI is InChI=1S/C16H13FN2/c1-11-9-13(7-8-14(11)17)15-10-18-16(19-15)12-5-3-2-4-6-12/h2-10H,1H3,(H,18,19). The maximum absolute atomic E-state index is 13.3. The van der Waals surface area contributed by atoms with E-state index in [4.69, 9.17) is 0 Å². The zero-order chi connectivity index (χ0) is 13.2. The first-order valence-electron chi connectivity index (χ1n) is 6.11. The minimum atomic E-state index is -0.192. The summed E-state index contributed by atoms with van der Waals surface area (Å²) in [6, 6.07) is 14.9. The lowest BCUT2D eigenvalue weighted by molar-refractivity contribution is 0.619. The van der Waals surface area contributed by atoms with E-state index in [0.29, 0.717) is 5.56 Å². The monoisotopic (exact) mass is 252 g/mol.